The van der Waals surface area contributed by atoms with Crippen LogP contribution in [0.25, 0.3) is 11.0 Å². The number of hydrogen-bond acceptors (Lipinski definition) is 3. The number of Topliss-reactive ketones (excluding diaryl/α,β-unsaturated/α-hetero) is 1. The van der Waals surface area contributed by atoms with Gasteiger partial charge in [0.15, 0.2) is 11.5 Å². The Balaban J connectivity index is 1.72. The van der Waals surface area contributed by atoms with Gasteiger partial charge in [0.1, 0.15) is 5.58 Å². The Hall–Kier alpha value is -1.61. The van der Waals surface area contributed by atoms with Gasteiger partial charge in [0.2, 0.25) is 0 Å². The Morgan fingerprint density at radius 2 is 2.16 bits per heavy atom. The fraction of sp³-hybridized carbons (Fsp3) is 0.438. The van der Waals surface area contributed by atoms with E-state index in [1.54, 1.807) is 0 Å². The Kier molecular flexibility index (Phi) is 3.65. The molecule has 1 aliphatic heterocycles. The van der Waals surface area contributed by atoms with E-state index in [0.717, 1.165) is 23.9 Å². The largest absolute Gasteiger partial charge is 0.453 e. The van der Waals surface area contributed by atoms with Gasteiger partial charge in [-0.1, -0.05) is 31.0 Å². The van der Waals surface area contributed by atoms with Crippen LogP contribution in [-0.4, -0.2) is 18.4 Å². The topological polar surface area (TPSA) is 42.2 Å². The van der Waals surface area contributed by atoms with Crippen LogP contribution < -0.4 is 5.32 Å². The first-order valence-electron chi connectivity index (χ1n) is 7.08. The predicted octanol–water partition coefficient (Wildman–Crippen LogP) is 3.54. The van der Waals surface area contributed by atoms with Crippen LogP contribution in [0.5, 0.6) is 0 Å². The molecule has 3 heteroatoms. The smallest absolute Gasteiger partial charge is 0.199 e. The third kappa shape index (κ3) is 2.87. The standard InChI is InChI=1S/C16H19NO2/c18-14(11-13-7-2-1-5-9-17-13)16-10-12-6-3-4-8-15(12)19-16/h3-4,6,8,10,13,17H,1-2,5,7,9,11H2. The average Bonchev–Trinajstić information content (AvgIpc) is 2.70. The molecule has 1 atom stereocenters. The molecular formula is C16H19NO2. The zero-order valence-corrected chi connectivity index (χ0v) is 11.0. The molecule has 1 aromatic carbocycles. The molecule has 0 spiro atoms. The van der Waals surface area contributed by atoms with E-state index in [0.29, 0.717) is 18.2 Å². The van der Waals surface area contributed by atoms with Crippen LogP contribution in [0.2, 0.25) is 0 Å². The Morgan fingerprint density at radius 1 is 1.26 bits per heavy atom. The third-order valence-electron chi connectivity index (χ3n) is 3.79. The van der Waals surface area contributed by atoms with E-state index in [9.17, 15) is 4.79 Å². The van der Waals surface area contributed by atoms with Crippen LogP contribution >= 0.6 is 0 Å². The molecule has 100 valence electrons. The number of rotatable bonds is 3. The van der Waals surface area contributed by atoms with Gasteiger partial charge in [-0.15, -0.1) is 0 Å². The maximum absolute atomic E-state index is 12.3. The Morgan fingerprint density at radius 3 is 3.05 bits per heavy atom. The summed E-state index contributed by atoms with van der Waals surface area (Å²) in [5.41, 5.74) is 0.791. The van der Waals surface area contributed by atoms with Gasteiger partial charge in [0.25, 0.3) is 0 Å². The first-order valence-corrected chi connectivity index (χ1v) is 7.08. The van der Waals surface area contributed by atoms with E-state index in [2.05, 4.69) is 5.32 Å². The lowest BCUT2D eigenvalue weighted by Gasteiger charge is -2.13. The van der Waals surface area contributed by atoms with Gasteiger partial charge in [0, 0.05) is 17.8 Å². The van der Waals surface area contributed by atoms with Crippen molar-refractivity contribution in [2.45, 2.75) is 38.1 Å². The molecule has 0 bridgehead atoms. The van der Waals surface area contributed by atoms with E-state index in [-0.39, 0.29) is 5.78 Å². The summed E-state index contributed by atoms with van der Waals surface area (Å²) < 4.78 is 5.63. The summed E-state index contributed by atoms with van der Waals surface area (Å²) in [7, 11) is 0. The van der Waals surface area contributed by atoms with E-state index >= 15 is 0 Å². The number of fused-ring (bicyclic) bond motifs is 1. The highest BCUT2D eigenvalue weighted by atomic mass is 16.3. The van der Waals surface area contributed by atoms with Gasteiger partial charge in [-0.05, 0) is 31.5 Å². The van der Waals surface area contributed by atoms with Crippen LogP contribution in [-0.2, 0) is 0 Å². The van der Waals surface area contributed by atoms with Gasteiger partial charge < -0.3 is 9.73 Å². The molecule has 1 aromatic heterocycles. The Bertz CT molecular complexity index is 532. The van der Waals surface area contributed by atoms with E-state index < -0.39 is 0 Å². The molecule has 2 aromatic rings. The minimum atomic E-state index is 0.107. The maximum Gasteiger partial charge on any atom is 0.199 e. The Labute approximate surface area is 113 Å². The van der Waals surface area contributed by atoms with Gasteiger partial charge in [-0.2, -0.15) is 0 Å². The van der Waals surface area contributed by atoms with Gasteiger partial charge >= 0.3 is 0 Å². The molecule has 3 nitrogen and oxygen atoms in total. The summed E-state index contributed by atoms with van der Waals surface area (Å²) in [6, 6.07) is 9.92. The van der Waals surface area contributed by atoms with Crippen molar-refractivity contribution in [3.05, 3.63) is 36.1 Å². The van der Waals surface area contributed by atoms with E-state index in [4.69, 9.17) is 4.42 Å². The molecule has 0 aliphatic carbocycles. The summed E-state index contributed by atoms with van der Waals surface area (Å²) in [5, 5.41) is 4.45. The first-order chi connectivity index (χ1) is 9.33. The lowest BCUT2D eigenvalue weighted by molar-refractivity contribution is 0.0943. The maximum atomic E-state index is 12.3. The van der Waals surface area contributed by atoms with Crippen LogP contribution in [0.4, 0.5) is 0 Å². The lowest BCUT2D eigenvalue weighted by atomic mass is 10.0. The van der Waals surface area contributed by atoms with Crippen molar-refractivity contribution in [3.8, 4) is 0 Å². The molecule has 19 heavy (non-hydrogen) atoms. The number of hydrogen-bond donors (Lipinski definition) is 1. The van der Waals surface area contributed by atoms with Crippen molar-refractivity contribution in [1.29, 1.82) is 0 Å². The summed E-state index contributed by atoms with van der Waals surface area (Å²) >= 11 is 0. The molecule has 3 rings (SSSR count). The van der Waals surface area contributed by atoms with Gasteiger partial charge in [-0.3, -0.25) is 4.79 Å². The molecule has 1 unspecified atom stereocenters. The number of furan rings is 1. The average molecular weight is 257 g/mol. The zero-order valence-electron chi connectivity index (χ0n) is 11.0. The number of nitrogens with one attached hydrogen (secondary N) is 1. The van der Waals surface area contributed by atoms with Crippen molar-refractivity contribution in [2.75, 3.05) is 6.54 Å². The zero-order chi connectivity index (χ0) is 13.1. The molecule has 0 saturated carbocycles. The number of para-hydroxylation sites is 1. The number of carbonyl (C=O) groups excluding carboxylic acids is 1. The highest BCUT2D eigenvalue weighted by Gasteiger charge is 2.19. The van der Waals surface area contributed by atoms with E-state index in [1.807, 2.05) is 30.3 Å². The fourth-order valence-electron chi connectivity index (χ4n) is 2.72. The van der Waals surface area contributed by atoms with Crippen LogP contribution in [0.15, 0.2) is 34.7 Å². The summed E-state index contributed by atoms with van der Waals surface area (Å²) in [6.07, 6.45) is 5.33. The molecule has 0 radical (unpaired) electrons. The van der Waals surface area contributed by atoms with Crippen LogP contribution in [0, 0.1) is 0 Å². The molecular weight excluding hydrogens is 238 g/mol. The summed E-state index contributed by atoms with van der Waals surface area (Å²) in [6.45, 7) is 1.03. The van der Waals surface area contributed by atoms with Crippen LogP contribution in [0.3, 0.4) is 0 Å². The first kappa shape index (κ1) is 12.4. The number of benzene rings is 1. The van der Waals surface area contributed by atoms with Crippen molar-refractivity contribution < 1.29 is 9.21 Å². The lowest BCUT2D eigenvalue weighted by Crippen LogP contribution is -2.30. The molecule has 1 saturated heterocycles. The van der Waals surface area contributed by atoms with Crippen molar-refractivity contribution in [1.82, 2.24) is 5.32 Å². The quantitative estimate of drug-likeness (QED) is 0.855. The minimum Gasteiger partial charge on any atom is -0.453 e. The van der Waals surface area contributed by atoms with Crippen LogP contribution in [0.1, 0.15) is 42.7 Å². The highest BCUT2D eigenvalue weighted by Crippen LogP contribution is 2.21. The second kappa shape index (κ2) is 5.57. The molecule has 1 fully saturated rings. The molecule has 1 N–H and O–H groups in total. The second-order valence-electron chi connectivity index (χ2n) is 5.28. The normalized spacial score (nSPS) is 20.3. The number of ketones is 1. The SMILES string of the molecule is O=C(CC1CCCCCN1)c1cc2ccccc2o1. The van der Waals surface area contributed by atoms with Crippen molar-refractivity contribution in [2.24, 2.45) is 0 Å². The van der Waals surface area contributed by atoms with Gasteiger partial charge in [-0.25, -0.2) is 0 Å². The van der Waals surface area contributed by atoms with Crippen molar-refractivity contribution >= 4 is 16.8 Å². The molecule has 2 heterocycles. The molecule has 1 aliphatic rings. The highest BCUT2D eigenvalue weighted by molar-refractivity contribution is 5.97. The summed E-state index contributed by atoms with van der Waals surface area (Å²) in [4.78, 5) is 12.3. The second-order valence-corrected chi connectivity index (χ2v) is 5.28. The van der Waals surface area contributed by atoms with E-state index in [1.165, 1.54) is 19.3 Å². The summed E-state index contributed by atoms with van der Waals surface area (Å²) in [5.74, 6) is 0.600. The third-order valence-corrected chi connectivity index (χ3v) is 3.79. The minimum absolute atomic E-state index is 0.107. The number of carbonyl (C=O) groups is 1. The fourth-order valence-corrected chi connectivity index (χ4v) is 2.72. The monoisotopic (exact) mass is 257 g/mol. The molecule has 0 amide bonds. The van der Waals surface area contributed by atoms with Crippen molar-refractivity contribution in [3.63, 3.8) is 0 Å². The van der Waals surface area contributed by atoms with Gasteiger partial charge in [0.05, 0.1) is 0 Å². The predicted molar refractivity (Wildman–Crippen MR) is 75.4 cm³/mol.